The number of halogens is 1. The van der Waals surface area contributed by atoms with Gasteiger partial charge in [-0.1, -0.05) is 19.8 Å². The summed E-state index contributed by atoms with van der Waals surface area (Å²) in [5, 5.41) is 13.0. The Labute approximate surface area is 116 Å². The number of aliphatic hydroxyl groups is 1. The predicted molar refractivity (Wildman–Crippen MR) is 75.7 cm³/mol. The highest BCUT2D eigenvalue weighted by atomic mass is 35.5. The van der Waals surface area contributed by atoms with Gasteiger partial charge in [0.1, 0.15) is 0 Å². The minimum Gasteiger partial charge on any atom is -0.392 e. The van der Waals surface area contributed by atoms with Crippen molar-refractivity contribution < 1.29 is 9.90 Å². The molecule has 1 aliphatic carbocycles. The van der Waals surface area contributed by atoms with Crippen LogP contribution in [-0.4, -0.2) is 30.2 Å². The second-order valence-corrected chi connectivity index (χ2v) is 6.19. The molecule has 0 radical (unpaired) electrons. The average Bonchev–Trinajstić information content (AvgIpc) is 2.30. The molecule has 18 heavy (non-hydrogen) atoms. The Balaban J connectivity index is 0.00000289. The molecule has 4 nitrogen and oxygen atoms in total. The lowest BCUT2D eigenvalue weighted by molar-refractivity contribution is -0.130. The number of hydrogen-bond acceptors (Lipinski definition) is 3. The summed E-state index contributed by atoms with van der Waals surface area (Å²) in [5.74, 6) is -0.0287. The van der Waals surface area contributed by atoms with Gasteiger partial charge < -0.3 is 16.2 Å². The smallest absolute Gasteiger partial charge is 0.226 e. The monoisotopic (exact) mass is 278 g/mol. The van der Waals surface area contributed by atoms with Crippen LogP contribution in [0.3, 0.4) is 0 Å². The number of aliphatic hydroxyl groups excluding tert-OH is 1. The average molecular weight is 279 g/mol. The minimum atomic E-state index is -0.532. The van der Waals surface area contributed by atoms with Gasteiger partial charge in [0.25, 0.3) is 0 Å². The first-order valence-corrected chi connectivity index (χ1v) is 6.48. The molecule has 1 saturated carbocycles. The molecular formula is C13H27ClN2O2. The molecule has 1 aliphatic rings. The molecule has 4 N–H and O–H groups in total. The molecule has 0 aromatic rings. The maximum atomic E-state index is 11.9. The normalized spacial score (nSPS) is 28.4. The quantitative estimate of drug-likeness (QED) is 0.729. The van der Waals surface area contributed by atoms with Gasteiger partial charge in [-0.3, -0.25) is 4.79 Å². The molecule has 0 aliphatic heterocycles. The summed E-state index contributed by atoms with van der Waals surface area (Å²) in [6.45, 7) is 6.59. The van der Waals surface area contributed by atoms with E-state index < -0.39 is 5.41 Å². The van der Waals surface area contributed by atoms with Gasteiger partial charge in [0.05, 0.1) is 11.5 Å². The van der Waals surface area contributed by atoms with Crippen molar-refractivity contribution >= 4 is 18.3 Å². The lowest BCUT2D eigenvalue weighted by atomic mass is 9.73. The van der Waals surface area contributed by atoms with E-state index in [4.69, 9.17) is 5.73 Å². The Morgan fingerprint density at radius 3 is 2.61 bits per heavy atom. The molecule has 108 valence electrons. The van der Waals surface area contributed by atoms with Crippen molar-refractivity contribution in [3.63, 3.8) is 0 Å². The largest absolute Gasteiger partial charge is 0.392 e. The Hall–Kier alpha value is -0.320. The van der Waals surface area contributed by atoms with Crippen LogP contribution in [0.2, 0.25) is 0 Å². The molecule has 0 bridgehead atoms. The molecule has 2 atom stereocenters. The number of nitrogens with one attached hydrogen (secondary N) is 1. The van der Waals surface area contributed by atoms with Gasteiger partial charge in [0, 0.05) is 18.5 Å². The Kier molecular flexibility index (Phi) is 6.61. The number of carbonyl (C=O) groups excluding carboxylic acids is 1. The minimum absolute atomic E-state index is 0. The third-order valence-electron chi connectivity index (χ3n) is 4.06. The van der Waals surface area contributed by atoms with Crippen LogP contribution in [-0.2, 0) is 4.79 Å². The van der Waals surface area contributed by atoms with Gasteiger partial charge in [-0.05, 0) is 26.7 Å². The highest BCUT2D eigenvalue weighted by Crippen LogP contribution is 2.35. The third kappa shape index (κ3) is 4.11. The molecule has 0 aromatic carbocycles. The molecule has 1 fully saturated rings. The molecule has 0 saturated heterocycles. The summed E-state index contributed by atoms with van der Waals surface area (Å²) in [7, 11) is 0. The summed E-state index contributed by atoms with van der Waals surface area (Å²) >= 11 is 0. The SMILES string of the molecule is CC(C)(CN)C(=O)NCC1(C)CCCCC1O.Cl. The Morgan fingerprint density at radius 1 is 1.50 bits per heavy atom. The van der Waals surface area contributed by atoms with E-state index in [2.05, 4.69) is 5.32 Å². The zero-order valence-electron chi connectivity index (χ0n) is 11.7. The zero-order chi connectivity index (χ0) is 13.1. The number of rotatable bonds is 4. The maximum absolute atomic E-state index is 11.9. The van der Waals surface area contributed by atoms with E-state index in [-0.39, 0.29) is 29.8 Å². The van der Waals surface area contributed by atoms with Gasteiger partial charge in [0.15, 0.2) is 0 Å². The van der Waals surface area contributed by atoms with E-state index >= 15 is 0 Å². The highest BCUT2D eigenvalue weighted by molar-refractivity contribution is 5.85. The van der Waals surface area contributed by atoms with Crippen molar-refractivity contribution in [1.82, 2.24) is 5.32 Å². The fourth-order valence-corrected chi connectivity index (χ4v) is 2.20. The summed E-state index contributed by atoms with van der Waals surface area (Å²) in [6.07, 6.45) is 3.71. The molecule has 2 unspecified atom stereocenters. The van der Waals surface area contributed by atoms with Crippen molar-refractivity contribution in [2.75, 3.05) is 13.1 Å². The first kappa shape index (κ1) is 17.7. The molecule has 1 rings (SSSR count). The van der Waals surface area contributed by atoms with Crippen molar-refractivity contribution in [3.8, 4) is 0 Å². The van der Waals surface area contributed by atoms with Gasteiger partial charge in [-0.25, -0.2) is 0 Å². The predicted octanol–water partition coefficient (Wildman–Crippen LogP) is 1.45. The second-order valence-electron chi connectivity index (χ2n) is 6.19. The lowest BCUT2D eigenvalue weighted by Crippen LogP contribution is -2.49. The van der Waals surface area contributed by atoms with Crippen LogP contribution in [0.4, 0.5) is 0 Å². The fraction of sp³-hybridized carbons (Fsp3) is 0.923. The number of nitrogens with two attached hydrogens (primary N) is 1. The zero-order valence-corrected chi connectivity index (χ0v) is 12.5. The second kappa shape index (κ2) is 6.73. The molecule has 0 spiro atoms. The summed E-state index contributed by atoms with van der Waals surface area (Å²) in [5.41, 5.74) is 4.85. The Bertz CT molecular complexity index is 284. The van der Waals surface area contributed by atoms with Crippen LogP contribution >= 0.6 is 12.4 Å². The van der Waals surface area contributed by atoms with Crippen LogP contribution in [0.5, 0.6) is 0 Å². The fourth-order valence-electron chi connectivity index (χ4n) is 2.20. The first-order valence-electron chi connectivity index (χ1n) is 6.48. The van der Waals surface area contributed by atoms with Crippen molar-refractivity contribution in [2.45, 2.75) is 52.6 Å². The van der Waals surface area contributed by atoms with Crippen LogP contribution in [0.1, 0.15) is 46.5 Å². The molecule has 1 amide bonds. The molecular weight excluding hydrogens is 252 g/mol. The number of amides is 1. The summed E-state index contributed by atoms with van der Waals surface area (Å²) < 4.78 is 0. The standard InChI is InChI=1S/C13H26N2O2.ClH/c1-12(2,8-14)11(17)15-9-13(3)7-5-4-6-10(13)16;/h10,16H,4-9,14H2,1-3H3,(H,15,17);1H. The number of hydrogen-bond donors (Lipinski definition) is 3. The lowest BCUT2D eigenvalue weighted by Gasteiger charge is -2.39. The van der Waals surface area contributed by atoms with Gasteiger partial charge in [-0.2, -0.15) is 0 Å². The van der Waals surface area contributed by atoms with Crippen LogP contribution in [0.25, 0.3) is 0 Å². The van der Waals surface area contributed by atoms with E-state index in [1.54, 1.807) is 0 Å². The summed E-state index contributed by atoms with van der Waals surface area (Å²) in [6, 6.07) is 0. The third-order valence-corrected chi connectivity index (χ3v) is 4.06. The van der Waals surface area contributed by atoms with Crippen molar-refractivity contribution in [1.29, 1.82) is 0 Å². The van der Waals surface area contributed by atoms with Gasteiger partial charge in [0.2, 0.25) is 5.91 Å². The van der Waals surface area contributed by atoms with E-state index in [0.717, 1.165) is 25.7 Å². The topological polar surface area (TPSA) is 75.4 Å². The van der Waals surface area contributed by atoms with Crippen LogP contribution < -0.4 is 11.1 Å². The van der Waals surface area contributed by atoms with Crippen LogP contribution in [0, 0.1) is 10.8 Å². The molecule has 0 heterocycles. The van der Waals surface area contributed by atoms with E-state index in [9.17, 15) is 9.90 Å². The summed E-state index contributed by atoms with van der Waals surface area (Å²) in [4.78, 5) is 11.9. The van der Waals surface area contributed by atoms with Crippen molar-refractivity contribution in [3.05, 3.63) is 0 Å². The van der Waals surface area contributed by atoms with E-state index in [1.165, 1.54) is 0 Å². The Morgan fingerprint density at radius 2 is 2.11 bits per heavy atom. The van der Waals surface area contributed by atoms with Crippen molar-refractivity contribution in [2.24, 2.45) is 16.6 Å². The maximum Gasteiger partial charge on any atom is 0.226 e. The molecule has 0 aromatic heterocycles. The van der Waals surface area contributed by atoms with Gasteiger partial charge in [-0.15, -0.1) is 12.4 Å². The highest BCUT2D eigenvalue weighted by Gasteiger charge is 2.36. The molecule has 5 heteroatoms. The van der Waals surface area contributed by atoms with Gasteiger partial charge >= 0.3 is 0 Å². The van der Waals surface area contributed by atoms with Crippen LogP contribution in [0.15, 0.2) is 0 Å². The number of carbonyl (C=O) groups is 1. The first-order chi connectivity index (χ1) is 7.82. The van der Waals surface area contributed by atoms with E-state index in [0.29, 0.717) is 13.1 Å². The van der Waals surface area contributed by atoms with E-state index in [1.807, 2.05) is 20.8 Å².